The minimum absolute atomic E-state index is 0.316. The lowest BCUT2D eigenvalue weighted by molar-refractivity contribution is -0.123. The molecule has 0 aromatic heterocycles. The van der Waals surface area contributed by atoms with Crippen molar-refractivity contribution in [1.82, 2.24) is 5.32 Å². The van der Waals surface area contributed by atoms with Crippen molar-refractivity contribution in [1.29, 1.82) is 0 Å². The first kappa shape index (κ1) is 10.0. The van der Waals surface area contributed by atoms with Crippen LogP contribution in [0.25, 0.3) is 0 Å². The summed E-state index contributed by atoms with van der Waals surface area (Å²) in [5.74, 6) is 1.97. The number of hydrogen-bond donors (Lipinski definition) is 1. The number of amides is 1. The average molecular weight is 195 g/mol. The SMILES string of the molecule is C[C@@H]1CCCC[C@@H]1NC(=O)[C@@H]1C[C@@H]1C. The minimum atomic E-state index is 0.316. The molecule has 0 aromatic rings. The van der Waals surface area contributed by atoms with Crippen LogP contribution in [-0.2, 0) is 4.79 Å². The van der Waals surface area contributed by atoms with E-state index in [1.165, 1.54) is 25.7 Å². The third-order valence-corrected chi connectivity index (χ3v) is 3.89. The van der Waals surface area contributed by atoms with Gasteiger partial charge in [0.05, 0.1) is 0 Å². The minimum Gasteiger partial charge on any atom is -0.353 e. The van der Waals surface area contributed by atoms with E-state index in [4.69, 9.17) is 0 Å². The molecule has 2 heteroatoms. The second-order valence-electron chi connectivity index (χ2n) is 5.20. The predicted octanol–water partition coefficient (Wildman–Crippen LogP) is 2.34. The lowest BCUT2D eigenvalue weighted by atomic mass is 9.86. The molecule has 0 aromatic carbocycles. The molecule has 2 aliphatic carbocycles. The number of hydrogen-bond acceptors (Lipinski definition) is 1. The molecule has 80 valence electrons. The van der Waals surface area contributed by atoms with E-state index in [1.54, 1.807) is 0 Å². The molecular formula is C12H21NO. The van der Waals surface area contributed by atoms with Crippen LogP contribution < -0.4 is 5.32 Å². The summed E-state index contributed by atoms with van der Waals surface area (Å²) in [6, 6.07) is 0.462. The van der Waals surface area contributed by atoms with Crippen molar-refractivity contribution < 1.29 is 4.79 Å². The van der Waals surface area contributed by atoms with E-state index in [2.05, 4.69) is 19.2 Å². The quantitative estimate of drug-likeness (QED) is 0.720. The van der Waals surface area contributed by atoms with E-state index >= 15 is 0 Å². The highest BCUT2D eigenvalue weighted by molar-refractivity contribution is 5.81. The first-order valence-corrected chi connectivity index (χ1v) is 5.99. The van der Waals surface area contributed by atoms with Crippen molar-refractivity contribution in [2.75, 3.05) is 0 Å². The summed E-state index contributed by atoms with van der Waals surface area (Å²) in [5.41, 5.74) is 0. The summed E-state index contributed by atoms with van der Waals surface area (Å²) in [4.78, 5) is 11.7. The lowest BCUT2D eigenvalue weighted by Crippen LogP contribution is -2.41. The van der Waals surface area contributed by atoms with Crippen LogP contribution in [0.2, 0.25) is 0 Å². The fraction of sp³-hybridized carbons (Fsp3) is 0.917. The maximum absolute atomic E-state index is 11.7. The molecule has 1 amide bonds. The second kappa shape index (κ2) is 3.92. The molecule has 2 fully saturated rings. The van der Waals surface area contributed by atoms with E-state index in [9.17, 15) is 4.79 Å². The largest absolute Gasteiger partial charge is 0.353 e. The summed E-state index contributed by atoms with van der Waals surface area (Å²) in [6.45, 7) is 4.43. The van der Waals surface area contributed by atoms with Gasteiger partial charge in [-0.25, -0.2) is 0 Å². The van der Waals surface area contributed by atoms with Gasteiger partial charge in [-0.1, -0.05) is 26.7 Å². The molecule has 2 nitrogen and oxygen atoms in total. The zero-order valence-electron chi connectivity index (χ0n) is 9.25. The van der Waals surface area contributed by atoms with Crippen LogP contribution in [-0.4, -0.2) is 11.9 Å². The molecule has 0 unspecified atom stereocenters. The number of carbonyl (C=O) groups excluding carboxylic acids is 1. The van der Waals surface area contributed by atoms with E-state index in [1.807, 2.05) is 0 Å². The van der Waals surface area contributed by atoms with Crippen molar-refractivity contribution >= 4 is 5.91 Å². The Morgan fingerprint density at radius 3 is 2.36 bits per heavy atom. The van der Waals surface area contributed by atoms with Gasteiger partial charge < -0.3 is 5.32 Å². The summed E-state index contributed by atoms with van der Waals surface area (Å²) < 4.78 is 0. The highest BCUT2D eigenvalue weighted by atomic mass is 16.2. The Hall–Kier alpha value is -0.530. The highest BCUT2D eigenvalue weighted by Crippen LogP contribution is 2.38. The van der Waals surface area contributed by atoms with Crippen molar-refractivity contribution in [2.24, 2.45) is 17.8 Å². The predicted molar refractivity (Wildman–Crippen MR) is 56.8 cm³/mol. The van der Waals surface area contributed by atoms with E-state index in [0.717, 1.165) is 6.42 Å². The molecule has 4 atom stereocenters. The summed E-state index contributed by atoms with van der Waals surface area (Å²) in [5, 5.41) is 3.22. The first-order valence-electron chi connectivity index (χ1n) is 5.99. The fourth-order valence-corrected chi connectivity index (χ4v) is 2.51. The van der Waals surface area contributed by atoms with E-state index < -0.39 is 0 Å². The fourth-order valence-electron chi connectivity index (χ4n) is 2.51. The van der Waals surface area contributed by atoms with Gasteiger partial charge in [0.25, 0.3) is 0 Å². The molecule has 0 saturated heterocycles. The maximum atomic E-state index is 11.7. The zero-order chi connectivity index (χ0) is 10.1. The van der Waals surface area contributed by atoms with Crippen molar-refractivity contribution in [2.45, 2.75) is 52.0 Å². The Labute approximate surface area is 86.5 Å². The monoisotopic (exact) mass is 195 g/mol. The molecule has 14 heavy (non-hydrogen) atoms. The third-order valence-electron chi connectivity index (χ3n) is 3.89. The maximum Gasteiger partial charge on any atom is 0.223 e. The zero-order valence-corrected chi connectivity index (χ0v) is 9.25. The highest BCUT2D eigenvalue weighted by Gasteiger charge is 2.40. The Morgan fingerprint density at radius 2 is 1.79 bits per heavy atom. The van der Waals surface area contributed by atoms with Crippen LogP contribution in [0.3, 0.4) is 0 Å². The Kier molecular flexibility index (Phi) is 2.80. The van der Waals surface area contributed by atoms with Gasteiger partial charge >= 0.3 is 0 Å². The smallest absolute Gasteiger partial charge is 0.223 e. The van der Waals surface area contributed by atoms with Gasteiger partial charge in [-0.3, -0.25) is 4.79 Å². The molecule has 2 aliphatic rings. The van der Waals surface area contributed by atoms with Crippen LogP contribution in [0.5, 0.6) is 0 Å². The van der Waals surface area contributed by atoms with E-state index in [-0.39, 0.29) is 0 Å². The van der Waals surface area contributed by atoms with Crippen LogP contribution in [0.4, 0.5) is 0 Å². The van der Waals surface area contributed by atoms with Crippen LogP contribution in [0.1, 0.15) is 46.0 Å². The van der Waals surface area contributed by atoms with Gasteiger partial charge in [-0.2, -0.15) is 0 Å². The van der Waals surface area contributed by atoms with Crippen molar-refractivity contribution in [3.8, 4) is 0 Å². The van der Waals surface area contributed by atoms with Crippen LogP contribution in [0, 0.1) is 17.8 Å². The number of nitrogens with one attached hydrogen (secondary N) is 1. The topological polar surface area (TPSA) is 29.1 Å². The van der Waals surface area contributed by atoms with Gasteiger partial charge in [-0.05, 0) is 31.1 Å². The van der Waals surface area contributed by atoms with Crippen LogP contribution >= 0.6 is 0 Å². The standard InChI is InChI=1S/C12H21NO/c1-8-5-3-4-6-11(8)13-12(14)10-7-9(10)2/h8-11H,3-7H2,1-2H3,(H,13,14)/t8-,9+,10-,11+/m1/s1. The molecule has 0 spiro atoms. The van der Waals surface area contributed by atoms with Crippen molar-refractivity contribution in [3.05, 3.63) is 0 Å². The number of rotatable bonds is 2. The third kappa shape index (κ3) is 2.10. The second-order valence-corrected chi connectivity index (χ2v) is 5.20. The van der Waals surface area contributed by atoms with Crippen LogP contribution in [0.15, 0.2) is 0 Å². The Morgan fingerprint density at radius 1 is 1.14 bits per heavy atom. The van der Waals surface area contributed by atoms with Gasteiger partial charge in [0.2, 0.25) is 5.91 Å². The molecule has 1 N–H and O–H groups in total. The Balaban J connectivity index is 1.80. The molecule has 2 saturated carbocycles. The molecule has 0 radical (unpaired) electrons. The average Bonchev–Trinajstić information content (AvgIpc) is 2.87. The van der Waals surface area contributed by atoms with Gasteiger partial charge in [0.15, 0.2) is 0 Å². The van der Waals surface area contributed by atoms with Gasteiger partial charge in [0, 0.05) is 12.0 Å². The number of carbonyl (C=O) groups is 1. The van der Waals surface area contributed by atoms with E-state index in [0.29, 0.717) is 29.7 Å². The normalized spacial score (nSPS) is 41.9. The Bertz CT molecular complexity index is 226. The first-order chi connectivity index (χ1) is 6.68. The summed E-state index contributed by atoms with van der Waals surface area (Å²) in [7, 11) is 0. The van der Waals surface area contributed by atoms with Gasteiger partial charge in [0.1, 0.15) is 0 Å². The van der Waals surface area contributed by atoms with Crippen molar-refractivity contribution in [3.63, 3.8) is 0 Å². The van der Waals surface area contributed by atoms with Gasteiger partial charge in [-0.15, -0.1) is 0 Å². The molecular weight excluding hydrogens is 174 g/mol. The summed E-state index contributed by atoms with van der Waals surface area (Å²) >= 11 is 0. The summed E-state index contributed by atoms with van der Waals surface area (Å²) in [6.07, 6.45) is 6.20. The lowest BCUT2D eigenvalue weighted by Gasteiger charge is -2.29. The molecule has 2 rings (SSSR count). The molecule has 0 aliphatic heterocycles. The molecule has 0 bridgehead atoms. The molecule has 0 heterocycles.